The number of aromatic nitrogens is 3. The molecule has 0 amide bonds. The molecule has 5 atom stereocenters. The highest BCUT2D eigenvalue weighted by molar-refractivity contribution is 7.99. The second-order valence-corrected chi connectivity index (χ2v) is 9.12. The minimum atomic E-state index is -1.33. The van der Waals surface area contributed by atoms with E-state index < -0.39 is 48.0 Å². The van der Waals surface area contributed by atoms with E-state index in [0.717, 1.165) is 30.0 Å². The van der Waals surface area contributed by atoms with Gasteiger partial charge in [0.15, 0.2) is 0 Å². The Morgan fingerprint density at radius 1 is 1.03 bits per heavy atom. The third-order valence-corrected chi connectivity index (χ3v) is 6.85. The minimum Gasteiger partial charge on any atom is -0.394 e. The fourth-order valence-corrected chi connectivity index (χ4v) is 4.88. The number of aliphatic hydroxyl groups excluding tert-OH is 3. The summed E-state index contributed by atoms with van der Waals surface area (Å²) < 4.78 is 34.0. The van der Waals surface area contributed by atoms with Gasteiger partial charge in [-0.15, -0.1) is 5.10 Å². The molecule has 3 aromatic rings. The molecule has 0 spiro atoms. The van der Waals surface area contributed by atoms with Crippen LogP contribution in [0.2, 0.25) is 10.0 Å². The molecule has 32 heavy (non-hydrogen) atoms. The Morgan fingerprint density at radius 2 is 1.75 bits per heavy atom. The van der Waals surface area contributed by atoms with Gasteiger partial charge in [0.1, 0.15) is 47.1 Å². The van der Waals surface area contributed by atoms with Crippen LogP contribution in [0.3, 0.4) is 0 Å². The molecule has 1 aromatic heterocycles. The van der Waals surface area contributed by atoms with Crippen molar-refractivity contribution in [1.82, 2.24) is 15.0 Å². The number of aliphatic hydroxyl groups is 3. The number of halogens is 4. The fourth-order valence-electron chi connectivity index (χ4n) is 3.42. The lowest BCUT2D eigenvalue weighted by atomic mass is 9.97. The number of ether oxygens (including phenoxy) is 1. The Balaban J connectivity index is 1.63. The van der Waals surface area contributed by atoms with Crippen molar-refractivity contribution in [3.8, 4) is 11.3 Å². The lowest BCUT2D eigenvalue weighted by Crippen LogP contribution is -2.55. The highest BCUT2D eigenvalue weighted by atomic mass is 35.5. The Labute approximate surface area is 195 Å². The maximum absolute atomic E-state index is 13.6. The first kappa shape index (κ1) is 23.4. The van der Waals surface area contributed by atoms with E-state index in [1.165, 1.54) is 10.9 Å². The monoisotopic (exact) mass is 503 g/mol. The quantitative estimate of drug-likeness (QED) is 0.490. The third kappa shape index (κ3) is 4.76. The molecule has 0 radical (unpaired) electrons. The average Bonchev–Trinajstić information content (AvgIpc) is 3.22. The summed E-state index contributed by atoms with van der Waals surface area (Å²) in [5, 5.41) is 39.9. The molecule has 170 valence electrons. The summed E-state index contributed by atoms with van der Waals surface area (Å²) in [4.78, 5) is 0.643. The van der Waals surface area contributed by atoms with Crippen molar-refractivity contribution in [3.05, 3.63) is 64.3 Å². The van der Waals surface area contributed by atoms with Gasteiger partial charge in [-0.25, -0.2) is 13.5 Å². The second kappa shape index (κ2) is 9.60. The third-order valence-electron chi connectivity index (χ3n) is 4.97. The van der Waals surface area contributed by atoms with Crippen molar-refractivity contribution in [2.75, 3.05) is 6.61 Å². The lowest BCUT2D eigenvalue weighted by Gasteiger charge is -2.41. The lowest BCUT2D eigenvalue weighted by molar-refractivity contribution is -0.178. The van der Waals surface area contributed by atoms with Crippen molar-refractivity contribution in [2.24, 2.45) is 0 Å². The fraction of sp³-hybridized carbons (Fsp3) is 0.300. The Bertz CT molecular complexity index is 1100. The first-order valence-electron chi connectivity index (χ1n) is 9.39. The Kier molecular flexibility index (Phi) is 7.01. The number of hydrogen-bond donors (Lipinski definition) is 3. The zero-order chi connectivity index (χ0) is 23.0. The van der Waals surface area contributed by atoms with Gasteiger partial charge in [-0.1, -0.05) is 40.2 Å². The van der Waals surface area contributed by atoms with Crippen LogP contribution in [0.5, 0.6) is 0 Å². The summed E-state index contributed by atoms with van der Waals surface area (Å²) in [5.74, 6) is -1.56. The van der Waals surface area contributed by atoms with Gasteiger partial charge in [-0.2, -0.15) is 0 Å². The summed E-state index contributed by atoms with van der Waals surface area (Å²) in [7, 11) is 0. The summed E-state index contributed by atoms with van der Waals surface area (Å²) in [6.45, 7) is -0.514. The van der Waals surface area contributed by atoms with Gasteiger partial charge in [0.25, 0.3) is 0 Å². The molecule has 3 unspecified atom stereocenters. The smallest absolute Gasteiger partial charge is 0.136 e. The second-order valence-electron chi connectivity index (χ2n) is 7.13. The highest BCUT2D eigenvalue weighted by Crippen LogP contribution is 2.39. The molecule has 1 saturated heterocycles. The average molecular weight is 504 g/mol. The van der Waals surface area contributed by atoms with E-state index in [0.29, 0.717) is 14.9 Å². The van der Waals surface area contributed by atoms with Gasteiger partial charge in [0.2, 0.25) is 0 Å². The van der Waals surface area contributed by atoms with E-state index in [-0.39, 0.29) is 11.3 Å². The molecule has 1 aliphatic rings. The molecule has 2 heterocycles. The van der Waals surface area contributed by atoms with Crippen LogP contribution in [0.4, 0.5) is 8.78 Å². The first-order valence-corrected chi connectivity index (χ1v) is 11.0. The zero-order valence-electron chi connectivity index (χ0n) is 16.1. The van der Waals surface area contributed by atoms with Gasteiger partial charge >= 0.3 is 0 Å². The van der Waals surface area contributed by atoms with E-state index in [4.69, 9.17) is 27.9 Å². The van der Waals surface area contributed by atoms with Crippen molar-refractivity contribution >= 4 is 35.0 Å². The van der Waals surface area contributed by atoms with E-state index in [1.807, 2.05) is 0 Å². The minimum absolute atomic E-state index is 0.142. The molecule has 1 aliphatic heterocycles. The number of rotatable bonds is 5. The molecule has 3 N–H and O–H groups in total. The van der Waals surface area contributed by atoms with Crippen LogP contribution in [0, 0.1) is 11.6 Å². The van der Waals surface area contributed by atoms with E-state index >= 15 is 0 Å². The largest absolute Gasteiger partial charge is 0.394 e. The summed E-state index contributed by atoms with van der Waals surface area (Å²) >= 11 is 13.1. The number of thioether (sulfide) groups is 1. The van der Waals surface area contributed by atoms with Crippen LogP contribution in [0.25, 0.3) is 11.3 Å². The molecule has 12 heteroatoms. The molecule has 0 saturated carbocycles. The Hall–Kier alpha value is -1.79. The standard InChI is InChI=1S/C20H17Cl2F2N3O4S/c21-13-2-1-12(6-14(13)22)32-20-19(30)17(18(29)16(8-28)31-20)27-7-15(25-26-27)9-3-10(23)5-11(24)4-9/h1-7,16-20,28-30H,8H2/t16?,17?,18-,19?,20+/m0/s1. The van der Waals surface area contributed by atoms with Gasteiger partial charge < -0.3 is 20.1 Å². The van der Waals surface area contributed by atoms with E-state index in [2.05, 4.69) is 10.3 Å². The molecule has 0 aliphatic carbocycles. The highest BCUT2D eigenvalue weighted by Gasteiger charge is 2.46. The van der Waals surface area contributed by atoms with Crippen LogP contribution in [-0.2, 0) is 4.74 Å². The molecule has 7 nitrogen and oxygen atoms in total. The van der Waals surface area contributed by atoms with Crippen molar-refractivity contribution < 1.29 is 28.8 Å². The molecular weight excluding hydrogens is 487 g/mol. The molecule has 2 aromatic carbocycles. The maximum atomic E-state index is 13.6. The number of benzene rings is 2. The number of hydrogen-bond acceptors (Lipinski definition) is 7. The number of nitrogens with zero attached hydrogens (tertiary/aromatic N) is 3. The first-order chi connectivity index (χ1) is 15.3. The predicted molar refractivity (Wildman–Crippen MR) is 114 cm³/mol. The summed E-state index contributed by atoms with van der Waals surface area (Å²) in [6, 6.07) is 6.75. The molecule has 0 bridgehead atoms. The van der Waals surface area contributed by atoms with Gasteiger partial charge in [-0.3, -0.25) is 0 Å². The summed E-state index contributed by atoms with van der Waals surface area (Å²) in [5.41, 5.74) is -0.620. The topological polar surface area (TPSA) is 101 Å². The predicted octanol–water partition coefficient (Wildman–Crippen LogP) is 3.30. The Morgan fingerprint density at radius 3 is 2.41 bits per heavy atom. The maximum Gasteiger partial charge on any atom is 0.136 e. The van der Waals surface area contributed by atoms with Gasteiger partial charge in [-0.05, 0) is 30.3 Å². The van der Waals surface area contributed by atoms with Gasteiger partial charge in [0, 0.05) is 16.5 Å². The molecular formula is C20H17Cl2F2N3O4S. The van der Waals surface area contributed by atoms with Crippen molar-refractivity contribution in [1.29, 1.82) is 0 Å². The van der Waals surface area contributed by atoms with Crippen molar-refractivity contribution in [2.45, 2.75) is 34.7 Å². The van der Waals surface area contributed by atoms with Crippen LogP contribution in [0.1, 0.15) is 6.04 Å². The molecule has 1 fully saturated rings. The van der Waals surface area contributed by atoms with Crippen LogP contribution in [-0.4, -0.2) is 60.7 Å². The van der Waals surface area contributed by atoms with Crippen LogP contribution in [0.15, 0.2) is 47.5 Å². The van der Waals surface area contributed by atoms with Crippen LogP contribution < -0.4 is 0 Å². The summed E-state index contributed by atoms with van der Waals surface area (Å²) in [6.07, 6.45) is -2.29. The SMILES string of the molecule is OCC1O[C@H](Sc2ccc(Cl)c(Cl)c2)C(O)C(n2cc(-c3cc(F)cc(F)c3)nn2)[C@H]1O. The van der Waals surface area contributed by atoms with Crippen molar-refractivity contribution in [3.63, 3.8) is 0 Å². The normalized spacial score (nSPS) is 25.8. The van der Waals surface area contributed by atoms with Crippen LogP contribution >= 0.6 is 35.0 Å². The van der Waals surface area contributed by atoms with E-state index in [9.17, 15) is 24.1 Å². The van der Waals surface area contributed by atoms with Gasteiger partial charge in [0.05, 0.1) is 22.8 Å². The zero-order valence-corrected chi connectivity index (χ0v) is 18.5. The van der Waals surface area contributed by atoms with E-state index in [1.54, 1.807) is 18.2 Å². The molecule has 4 rings (SSSR count).